The summed E-state index contributed by atoms with van der Waals surface area (Å²) in [6, 6.07) is 22.7. The van der Waals surface area contributed by atoms with Crippen LogP contribution in [0.25, 0.3) is 21.7 Å². The van der Waals surface area contributed by atoms with E-state index in [1.807, 2.05) is 30.3 Å². The van der Waals surface area contributed by atoms with E-state index in [1.165, 1.54) is 32.9 Å². The van der Waals surface area contributed by atoms with Crippen LogP contribution in [0.15, 0.2) is 66.7 Å². The fourth-order valence-corrected chi connectivity index (χ4v) is 5.66. The first-order valence-corrected chi connectivity index (χ1v) is 11.2. The van der Waals surface area contributed by atoms with Crippen molar-refractivity contribution < 1.29 is 4.79 Å². The summed E-state index contributed by atoms with van der Waals surface area (Å²) in [4.78, 5) is 12.4. The lowest BCUT2D eigenvalue weighted by Gasteiger charge is -2.06. The van der Waals surface area contributed by atoms with Crippen LogP contribution in [0.2, 0.25) is 0 Å². The summed E-state index contributed by atoms with van der Waals surface area (Å²) in [5.74, 6) is 1.11. The number of aryl methyl sites for hydroxylation is 1. The summed E-state index contributed by atoms with van der Waals surface area (Å²) in [7, 11) is 2.19. The van der Waals surface area contributed by atoms with E-state index in [4.69, 9.17) is 0 Å². The van der Waals surface area contributed by atoms with Gasteiger partial charge in [-0.05, 0) is 53.7 Å². The third kappa shape index (κ3) is 3.15. The molecule has 0 saturated heterocycles. The smallest absolute Gasteiger partial charge is 0.251 e. The molecule has 1 aromatic heterocycles. The van der Waals surface area contributed by atoms with Crippen molar-refractivity contribution in [2.24, 2.45) is 18.4 Å². The van der Waals surface area contributed by atoms with Gasteiger partial charge < -0.3 is 9.88 Å². The van der Waals surface area contributed by atoms with E-state index >= 15 is 0 Å². The fraction of sp³-hybridized carbons (Fsp3) is 0.321. The first kappa shape index (κ1) is 19.9. The average molecular weight is 411 g/mol. The van der Waals surface area contributed by atoms with Gasteiger partial charge in [0.25, 0.3) is 5.91 Å². The summed E-state index contributed by atoms with van der Waals surface area (Å²) in [6.07, 6.45) is 1.000. The summed E-state index contributed by atoms with van der Waals surface area (Å²) in [5.41, 5.74) is 5.16. The molecule has 0 bridgehead atoms. The molecular formula is C28H30N2O. The van der Waals surface area contributed by atoms with E-state index in [1.54, 1.807) is 0 Å². The van der Waals surface area contributed by atoms with Crippen molar-refractivity contribution in [3.05, 3.63) is 83.6 Å². The molecule has 1 heterocycles. The largest absolute Gasteiger partial charge is 0.352 e. The van der Waals surface area contributed by atoms with E-state index < -0.39 is 0 Å². The molecule has 1 amide bonds. The number of hydrogen-bond acceptors (Lipinski definition) is 1. The topological polar surface area (TPSA) is 34.0 Å². The molecule has 1 fully saturated rings. The Labute approximate surface area is 184 Å². The molecule has 3 nitrogen and oxygen atoms in total. The summed E-state index contributed by atoms with van der Waals surface area (Å²) in [5, 5.41) is 7.11. The lowest BCUT2D eigenvalue weighted by molar-refractivity contribution is 0.0952. The minimum Gasteiger partial charge on any atom is -0.352 e. The predicted molar refractivity (Wildman–Crippen MR) is 129 cm³/mol. The van der Waals surface area contributed by atoms with Gasteiger partial charge in [-0.1, -0.05) is 68.4 Å². The van der Waals surface area contributed by atoms with Crippen LogP contribution in [0.1, 0.15) is 47.8 Å². The third-order valence-corrected chi connectivity index (χ3v) is 7.56. The molecule has 3 aromatic carbocycles. The normalized spacial score (nSPS) is 19.6. The lowest BCUT2D eigenvalue weighted by Crippen LogP contribution is -2.24. The summed E-state index contributed by atoms with van der Waals surface area (Å²) in [6.45, 7) is 7.72. The van der Waals surface area contributed by atoms with Gasteiger partial charge >= 0.3 is 0 Å². The maximum atomic E-state index is 12.4. The second kappa shape index (κ2) is 7.26. The van der Waals surface area contributed by atoms with Gasteiger partial charge in [-0.25, -0.2) is 0 Å². The minimum absolute atomic E-state index is 0.0171. The zero-order chi connectivity index (χ0) is 21.8. The van der Waals surface area contributed by atoms with Gasteiger partial charge in [0.2, 0.25) is 0 Å². The number of nitrogens with one attached hydrogen (secondary N) is 1. The van der Waals surface area contributed by atoms with Crippen LogP contribution in [0.3, 0.4) is 0 Å². The Morgan fingerprint density at radius 2 is 1.68 bits per heavy atom. The van der Waals surface area contributed by atoms with Crippen molar-refractivity contribution in [3.63, 3.8) is 0 Å². The quantitative estimate of drug-likeness (QED) is 0.418. The van der Waals surface area contributed by atoms with E-state index in [-0.39, 0.29) is 11.3 Å². The second-order valence-electron chi connectivity index (χ2n) is 9.56. The molecule has 0 unspecified atom stereocenters. The average Bonchev–Trinajstić information content (AvgIpc) is 3.21. The first-order chi connectivity index (χ1) is 14.9. The third-order valence-electron chi connectivity index (χ3n) is 7.56. The highest BCUT2D eigenvalue weighted by Gasteiger charge is 2.58. The predicted octanol–water partition coefficient (Wildman–Crippen LogP) is 6.20. The van der Waals surface area contributed by atoms with Crippen molar-refractivity contribution in [1.82, 2.24) is 9.88 Å². The SMILES string of the molecule is Cc1c([C@@H]2[C@H](CCNC(=O)c3ccccc3)C2(C)C)c2ccc3ccccc3c2n1C. The van der Waals surface area contributed by atoms with Gasteiger partial charge in [-0.15, -0.1) is 0 Å². The number of rotatable bonds is 5. The molecule has 3 heteroatoms. The maximum absolute atomic E-state index is 12.4. The molecule has 31 heavy (non-hydrogen) atoms. The number of carbonyl (C=O) groups excluding carboxylic acids is 1. The monoisotopic (exact) mass is 410 g/mol. The highest BCUT2D eigenvalue weighted by Crippen LogP contribution is 2.67. The standard InChI is InChI=1S/C28H30N2O/c1-18-24(22-15-14-19-10-8-9-13-21(19)26(22)30(18)4)25-23(28(25,2)3)16-17-29-27(31)20-11-6-5-7-12-20/h5-15,23,25H,16-17H2,1-4H3,(H,29,31)/t23-,25-/m0/s1. The molecule has 5 rings (SSSR count). The van der Waals surface area contributed by atoms with E-state index in [9.17, 15) is 4.79 Å². The number of fused-ring (bicyclic) bond motifs is 3. The number of carbonyl (C=O) groups is 1. The molecule has 0 radical (unpaired) electrons. The number of amides is 1. The number of hydrogen-bond donors (Lipinski definition) is 1. The number of benzene rings is 3. The summed E-state index contributed by atoms with van der Waals surface area (Å²) < 4.78 is 2.37. The van der Waals surface area contributed by atoms with Crippen LogP contribution in [0, 0.1) is 18.3 Å². The highest BCUT2D eigenvalue weighted by atomic mass is 16.1. The Morgan fingerprint density at radius 1 is 0.968 bits per heavy atom. The summed E-state index contributed by atoms with van der Waals surface area (Å²) >= 11 is 0. The maximum Gasteiger partial charge on any atom is 0.251 e. The van der Waals surface area contributed by atoms with Crippen LogP contribution < -0.4 is 5.32 Å². The molecule has 158 valence electrons. The zero-order valence-corrected chi connectivity index (χ0v) is 18.8. The number of nitrogens with zero attached hydrogens (tertiary/aromatic N) is 1. The molecule has 4 aromatic rings. The van der Waals surface area contributed by atoms with E-state index in [0.717, 1.165) is 12.0 Å². The van der Waals surface area contributed by atoms with Crippen LogP contribution >= 0.6 is 0 Å². The number of aromatic nitrogens is 1. The lowest BCUT2D eigenvalue weighted by atomic mass is 9.98. The first-order valence-electron chi connectivity index (χ1n) is 11.2. The Kier molecular flexibility index (Phi) is 4.65. The van der Waals surface area contributed by atoms with E-state index in [2.05, 4.69) is 74.1 Å². The van der Waals surface area contributed by atoms with Gasteiger partial charge in [0.05, 0.1) is 5.52 Å². The van der Waals surface area contributed by atoms with Gasteiger partial charge in [0, 0.05) is 35.6 Å². The molecule has 0 spiro atoms. The van der Waals surface area contributed by atoms with Crippen LogP contribution in [0.5, 0.6) is 0 Å². The van der Waals surface area contributed by atoms with E-state index in [0.29, 0.717) is 18.4 Å². The van der Waals surface area contributed by atoms with Crippen molar-refractivity contribution in [2.45, 2.75) is 33.1 Å². The van der Waals surface area contributed by atoms with Crippen molar-refractivity contribution in [1.29, 1.82) is 0 Å². The van der Waals surface area contributed by atoms with Crippen molar-refractivity contribution in [2.75, 3.05) is 6.54 Å². The van der Waals surface area contributed by atoms with Crippen LogP contribution in [0.4, 0.5) is 0 Å². The van der Waals surface area contributed by atoms with Crippen LogP contribution in [-0.2, 0) is 7.05 Å². The molecule has 0 aliphatic heterocycles. The van der Waals surface area contributed by atoms with Gasteiger partial charge in [-0.3, -0.25) is 4.79 Å². The van der Waals surface area contributed by atoms with Gasteiger partial charge in [0.1, 0.15) is 0 Å². The molecule has 1 N–H and O–H groups in total. The molecule has 2 atom stereocenters. The fourth-order valence-electron chi connectivity index (χ4n) is 5.66. The Balaban J connectivity index is 1.41. The van der Waals surface area contributed by atoms with Crippen LogP contribution in [-0.4, -0.2) is 17.0 Å². The van der Waals surface area contributed by atoms with Crippen molar-refractivity contribution >= 4 is 27.6 Å². The molecular weight excluding hydrogens is 380 g/mol. The Bertz CT molecular complexity index is 1280. The Hall–Kier alpha value is -3.07. The minimum atomic E-state index is 0.0171. The zero-order valence-electron chi connectivity index (χ0n) is 18.8. The van der Waals surface area contributed by atoms with Gasteiger partial charge in [0.15, 0.2) is 0 Å². The molecule has 1 aliphatic rings. The van der Waals surface area contributed by atoms with Crippen molar-refractivity contribution in [3.8, 4) is 0 Å². The van der Waals surface area contributed by atoms with Gasteiger partial charge in [-0.2, -0.15) is 0 Å². The second-order valence-corrected chi connectivity index (χ2v) is 9.56. The molecule has 1 saturated carbocycles. The highest BCUT2D eigenvalue weighted by molar-refractivity contribution is 6.08. The Morgan fingerprint density at radius 3 is 2.45 bits per heavy atom. The molecule has 1 aliphatic carbocycles.